The molecule has 2 N–H and O–H groups in total. The summed E-state index contributed by atoms with van der Waals surface area (Å²) in [6.45, 7) is 2.83. The number of hydrogen-bond acceptors (Lipinski definition) is 4. The van der Waals surface area contributed by atoms with Gasteiger partial charge in [-0.3, -0.25) is 4.68 Å². The lowest BCUT2D eigenvalue weighted by atomic mass is 10.6. The third-order valence-corrected chi connectivity index (χ3v) is 3.98. The summed E-state index contributed by atoms with van der Waals surface area (Å²) in [7, 11) is -1.74. The SMILES string of the molecule is CCN(CCN)S(=O)(=O)c1cnn(C)c1. The number of rotatable bonds is 5. The average molecular weight is 232 g/mol. The van der Waals surface area contributed by atoms with Gasteiger partial charge in [0.2, 0.25) is 10.0 Å². The molecular formula is C8H16N4O2S. The summed E-state index contributed by atoms with van der Waals surface area (Å²) in [4.78, 5) is 0.209. The molecule has 1 aromatic rings. The summed E-state index contributed by atoms with van der Waals surface area (Å²) >= 11 is 0. The lowest BCUT2D eigenvalue weighted by Gasteiger charge is -2.18. The minimum Gasteiger partial charge on any atom is -0.329 e. The van der Waals surface area contributed by atoms with Gasteiger partial charge in [0.25, 0.3) is 0 Å². The summed E-state index contributed by atoms with van der Waals surface area (Å²) in [5, 5.41) is 3.84. The van der Waals surface area contributed by atoms with Crippen molar-refractivity contribution in [3.8, 4) is 0 Å². The first-order valence-electron chi connectivity index (χ1n) is 4.71. The Morgan fingerprint density at radius 2 is 2.27 bits per heavy atom. The number of hydrogen-bond donors (Lipinski definition) is 1. The topological polar surface area (TPSA) is 81.2 Å². The first-order valence-corrected chi connectivity index (χ1v) is 6.15. The molecule has 0 fully saturated rings. The first-order chi connectivity index (χ1) is 7.02. The molecule has 0 radical (unpaired) electrons. The van der Waals surface area contributed by atoms with Gasteiger partial charge in [0.05, 0.1) is 6.20 Å². The Kier molecular flexibility index (Phi) is 3.83. The van der Waals surface area contributed by atoms with Crippen molar-refractivity contribution in [3.05, 3.63) is 12.4 Å². The van der Waals surface area contributed by atoms with Crippen LogP contribution in [-0.4, -0.2) is 42.1 Å². The van der Waals surface area contributed by atoms with E-state index in [2.05, 4.69) is 5.10 Å². The number of nitrogens with zero attached hydrogens (tertiary/aromatic N) is 3. The number of nitrogens with two attached hydrogens (primary N) is 1. The summed E-state index contributed by atoms with van der Waals surface area (Å²) in [6.07, 6.45) is 2.82. The van der Waals surface area contributed by atoms with Crippen LogP contribution in [0.15, 0.2) is 17.3 Å². The maximum atomic E-state index is 12.0. The van der Waals surface area contributed by atoms with E-state index in [1.54, 1.807) is 14.0 Å². The van der Waals surface area contributed by atoms with Gasteiger partial charge in [-0.25, -0.2) is 8.42 Å². The van der Waals surface area contributed by atoms with Crippen LogP contribution in [0.5, 0.6) is 0 Å². The Labute approximate surface area is 89.7 Å². The van der Waals surface area contributed by atoms with E-state index in [1.165, 1.54) is 21.4 Å². The maximum Gasteiger partial charge on any atom is 0.246 e. The van der Waals surface area contributed by atoms with Gasteiger partial charge in [0, 0.05) is 32.9 Å². The summed E-state index contributed by atoms with van der Waals surface area (Å²) in [5.74, 6) is 0. The van der Waals surface area contributed by atoms with Crippen LogP contribution in [-0.2, 0) is 17.1 Å². The molecule has 15 heavy (non-hydrogen) atoms. The Bertz CT molecular complexity index is 412. The Morgan fingerprint density at radius 3 is 2.67 bits per heavy atom. The molecule has 6 nitrogen and oxygen atoms in total. The van der Waals surface area contributed by atoms with E-state index >= 15 is 0 Å². The number of sulfonamides is 1. The summed E-state index contributed by atoms with van der Waals surface area (Å²) in [5.41, 5.74) is 5.36. The maximum absolute atomic E-state index is 12.0. The molecule has 0 saturated heterocycles. The van der Waals surface area contributed by atoms with Crippen LogP contribution in [0.1, 0.15) is 6.92 Å². The summed E-state index contributed by atoms with van der Waals surface area (Å²) in [6, 6.07) is 0. The zero-order valence-electron chi connectivity index (χ0n) is 8.92. The van der Waals surface area contributed by atoms with Crippen LogP contribution in [0.3, 0.4) is 0 Å². The van der Waals surface area contributed by atoms with Crippen molar-refractivity contribution in [2.45, 2.75) is 11.8 Å². The molecule has 0 unspecified atom stereocenters. The molecule has 1 rings (SSSR count). The Hall–Kier alpha value is -0.920. The average Bonchev–Trinajstić information content (AvgIpc) is 2.61. The van der Waals surface area contributed by atoms with Gasteiger partial charge in [0.15, 0.2) is 0 Å². The number of aryl methyl sites for hydroxylation is 1. The molecule has 0 atom stereocenters. The molecule has 0 amide bonds. The molecule has 1 heterocycles. The lowest BCUT2D eigenvalue weighted by Crippen LogP contribution is -2.35. The zero-order valence-corrected chi connectivity index (χ0v) is 9.74. The molecule has 86 valence electrons. The standard InChI is InChI=1S/C8H16N4O2S/c1-3-12(5-4-9)15(13,14)8-6-10-11(2)7-8/h6-7H,3-5,9H2,1-2H3. The smallest absolute Gasteiger partial charge is 0.246 e. The molecular weight excluding hydrogens is 216 g/mol. The minimum absolute atomic E-state index is 0.209. The normalized spacial score (nSPS) is 12.3. The second kappa shape index (κ2) is 4.73. The third kappa shape index (κ3) is 2.55. The largest absolute Gasteiger partial charge is 0.329 e. The number of aromatic nitrogens is 2. The predicted molar refractivity (Wildman–Crippen MR) is 56.7 cm³/mol. The van der Waals surface area contributed by atoms with Gasteiger partial charge < -0.3 is 5.73 Å². The van der Waals surface area contributed by atoms with Crippen LogP contribution >= 0.6 is 0 Å². The van der Waals surface area contributed by atoms with Crippen LogP contribution in [0.4, 0.5) is 0 Å². The fourth-order valence-corrected chi connectivity index (χ4v) is 2.72. The fraction of sp³-hybridized carbons (Fsp3) is 0.625. The molecule has 0 saturated carbocycles. The second-order valence-electron chi connectivity index (χ2n) is 3.14. The van der Waals surface area contributed by atoms with E-state index in [9.17, 15) is 8.42 Å². The fourth-order valence-electron chi connectivity index (χ4n) is 1.27. The minimum atomic E-state index is -3.42. The Morgan fingerprint density at radius 1 is 1.60 bits per heavy atom. The van der Waals surface area contributed by atoms with E-state index in [4.69, 9.17) is 5.73 Å². The predicted octanol–water partition coefficient (Wildman–Crippen LogP) is -0.611. The highest BCUT2D eigenvalue weighted by atomic mass is 32.2. The number of likely N-dealkylation sites (N-methyl/N-ethyl adjacent to an activating group) is 1. The second-order valence-corrected chi connectivity index (χ2v) is 5.07. The van der Waals surface area contributed by atoms with Crippen molar-refractivity contribution >= 4 is 10.0 Å². The molecule has 0 aliphatic heterocycles. The molecule has 7 heteroatoms. The van der Waals surface area contributed by atoms with E-state index in [0.717, 1.165) is 0 Å². The Balaban J connectivity index is 3.00. The van der Waals surface area contributed by atoms with Crippen molar-refractivity contribution in [2.75, 3.05) is 19.6 Å². The van der Waals surface area contributed by atoms with Gasteiger partial charge in [-0.1, -0.05) is 6.92 Å². The van der Waals surface area contributed by atoms with E-state index < -0.39 is 10.0 Å². The van der Waals surface area contributed by atoms with Crippen LogP contribution < -0.4 is 5.73 Å². The van der Waals surface area contributed by atoms with Crippen molar-refractivity contribution in [1.82, 2.24) is 14.1 Å². The van der Waals surface area contributed by atoms with Crippen molar-refractivity contribution in [1.29, 1.82) is 0 Å². The highest BCUT2D eigenvalue weighted by molar-refractivity contribution is 7.89. The molecule has 0 spiro atoms. The molecule has 1 aromatic heterocycles. The summed E-state index contributed by atoms with van der Waals surface area (Å²) < 4.78 is 26.8. The van der Waals surface area contributed by atoms with Gasteiger partial charge >= 0.3 is 0 Å². The highest BCUT2D eigenvalue weighted by Gasteiger charge is 2.23. The quantitative estimate of drug-likeness (QED) is 0.734. The monoisotopic (exact) mass is 232 g/mol. The zero-order chi connectivity index (χ0) is 11.5. The van der Waals surface area contributed by atoms with Crippen LogP contribution in [0.2, 0.25) is 0 Å². The molecule has 0 aliphatic rings. The highest BCUT2D eigenvalue weighted by Crippen LogP contribution is 2.13. The molecule has 0 aliphatic carbocycles. The van der Waals surface area contributed by atoms with Gasteiger partial charge in [-0.15, -0.1) is 0 Å². The van der Waals surface area contributed by atoms with Crippen LogP contribution in [0, 0.1) is 0 Å². The van der Waals surface area contributed by atoms with Gasteiger partial charge in [0.1, 0.15) is 4.90 Å². The van der Waals surface area contributed by atoms with Gasteiger partial charge in [-0.2, -0.15) is 9.40 Å². The van der Waals surface area contributed by atoms with E-state index in [0.29, 0.717) is 19.6 Å². The molecule has 0 aromatic carbocycles. The van der Waals surface area contributed by atoms with E-state index in [-0.39, 0.29) is 4.90 Å². The van der Waals surface area contributed by atoms with E-state index in [1.807, 2.05) is 0 Å². The van der Waals surface area contributed by atoms with Crippen molar-refractivity contribution in [3.63, 3.8) is 0 Å². The van der Waals surface area contributed by atoms with Crippen molar-refractivity contribution < 1.29 is 8.42 Å². The van der Waals surface area contributed by atoms with Crippen LogP contribution in [0.25, 0.3) is 0 Å². The van der Waals surface area contributed by atoms with Gasteiger partial charge in [-0.05, 0) is 0 Å². The third-order valence-electron chi connectivity index (χ3n) is 2.05. The lowest BCUT2D eigenvalue weighted by molar-refractivity contribution is 0.435. The molecule has 0 bridgehead atoms. The first kappa shape index (κ1) is 12.2. The van der Waals surface area contributed by atoms with Crippen molar-refractivity contribution in [2.24, 2.45) is 12.8 Å².